The number of nitrogens with zero attached hydrogens (tertiary/aromatic N) is 3. The maximum Gasteiger partial charge on any atom is 0.241 e. The maximum absolute atomic E-state index is 13.6. The van der Waals surface area contributed by atoms with E-state index in [2.05, 4.69) is 42.8 Å². The molecule has 2 N–H and O–H groups in total. The highest BCUT2D eigenvalue weighted by Crippen LogP contribution is 2.39. The van der Waals surface area contributed by atoms with Gasteiger partial charge in [-0.1, -0.05) is 30.3 Å². The van der Waals surface area contributed by atoms with E-state index in [1.54, 1.807) is 6.20 Å². The van der Waals surface area contributed by atoms with Crippen molar-refractivity contribution in [3.8, 4) is 0 Å². The Bertz CT molecular complexity index is 1030. The highest BCUT2D eigenvalue weighted by atomic mass is 16.2. The third-order valence-electron chi connectivity index (χ3n) is 6.52. The van der Waals surface area contributed by atoms with Crippen LogP contribution in [0.4, 0.5) is 5.69 Å². The van der Waals surface area contributed by atoms with E-state index < -0.39 is 11.0 Å². The quantitative estimate of drug-likeness (QED) is 0.827. The van der Waals surface area contributed by atoms with Crippen LogP contribution >= 0.6 is 0 Å². The number of carbonyl (C=O) groups is 2. The lowest BCUT2D eigenvalue weighted by atomic mass is 9.76. The largest absolute Gasteiger partial charge is 0.369 e. The Balaban J connectivity index is 1.61. The van der Waals surface area contributed by atoms with E-state index in [0.29, 0.717) is 18.7 Å². The maximum atomic E-state index is 13.6. The van der Waals surface area contributed by atoms with Crippen LogP contribution < -0.4 is 10.6 Å². The number of rotatable bonds is 4. The van der Waals surface area contributed by atoms with Crippen molar-refractivity contribution in [2.24, 2.45) is 5.73 Å². The normalized spacial score (nSPS) is 23.1. The fourth-order valence-corrected chi connectivity index (χ4v) is 5.16. The van der Waals surface area contributed by atoms with E-state index in [-0.39, 0.29) is 18.4 Å². The summed E-state index contributed by atoms with van der Waals surface area (Å²) in [6.07, 6.45) is 5.26. The lowest BCUT2D eigenvalue weighted by molar-refractivity contribution is -0.128. The summed E-state index contributed by atoms with van der Waals surface area (Å²) >= 11 is 0. The van der Waals surface area contributed by atoms with Crippen LogP contribution in [0.15, 0.2) is 54.7 Å². The summed E-state index contributed by atoms with van der Waals surface area (Å²) in [5, 5.41) is 0. The molecule has 1 saturated heterocycles. The summed E-state index contributed by atoms with van der Waals surface area (Å²) in [6.45, 7) is 7.58. The van der Waals surface area contributed by atoms with Gasteiger partial charge in [0.1, 0.15) is 5.41 Å². The van der Waals surface area contributed by atoms with Crippen molar-refractivity contribution < 1.29 is 9.59 Å². The van der Waals surface area contributed by atoms with E-state index in [9.17, 15) is 9.59 Å². The van der Waals surface area contributed by atoms with Crippen molar-refractivity contribution in [2.45, 2.75) is 44.6 Å². The predicted octanol–water partition coefficient (Wildman–Crippen LogP) is 3.13. The molecule has 1 atom stereocenters. The molecule has 2 amide bonds. The SMILES string of the molecule is CC1=CC(C)(C)N(C(=O)CN2CCC[C@](C(N)=O)(c3ccccn3)C2)c2ccccc21. The van der Waals surface area contributed by atoms with Crippen molar-refractivity contribution in [1.82, 2.24) is 9.88 Å². The summed E-state index contributed by atoms with van der Waals surface area (Å²) in [5.74, 6) is -0.368. The van der Waals surface area contributed by atoms with Crippen LogP contribution in [0.1, 0.15) is 44.9 Å². The van der Waals surface area contributed by atoms with Crippen molar-refractivity contribution >= 4 is 23.1 Å². The van der Waals surface area contributed by atoms with Gasteiger partial charge in [-0.05, 0) is 63.9 Å². The van der Waals surface area contributed by atoms with Crippen LogP contribution in [0.25, 0.3) is 5.57 Å². The minimum Gasteiger partial charge on any atom is -0.369 e. The van der Waals surface area contributed by atoms with E-state index in [4.69, 9.17) is 5.73 Å². The van der Waals surface area contributed by atoms with E-state index in [1.165, 1.54) is 5.57 Å². The number of nitrogens with two attached hydrogens (primary N) is 1. The molecule has 0 spiro atoms. The van der Waals surface area contributed by atoms with Gasteiger partial charge in [-0.2, -0.15) is 0 Å². The van der Waals surface area contributed by atoms with Gasteiger partial charge in [0.25, 0.3) is 0 Å². The van der Waals surface area contributed by atoms with Gasteiger partial charge in [0.2, 0.25) is 11.8 Å². The van der Waals surface area contributed by atoms with Gasteiger partial charge in [-0.3, -0.25) is 19.5 Å². The molecule has 31 heavy (non-hydrogen) atoms. The third kappa shape index (κ3) is 3.76. The molecule has 0 radical (unpaired) electrons. The standard InChI is InChI=1S/C25H30N4O2/c1-18-15-24(2,3)29(20-10-5-4-9-19(18)20)22(30)16-28-14-8-12-25(17-28,23(26)31)21-11-6-7-13-27-21/h4-7,9-11,13,15H,8,12,14,16-17H2,1-3H3,(H2,26,31)/t25-/m1/s1. The van der Waals surface area contributed by atoms with E-state index in [1.807, 2.05) is 41.3 Å². The average molecular weight is 419 g/mol. The van der Waals surface area contributed by atoms with Crippen LogP contribution in [0.3, 0.4) is 0 Å². The average Bonchev–Trinajstić information content (AvgIpc) is 2.73. The van der Waals surface area contributed by atoms with Gasteiger partial charge in [0.15, 0.2) is 0 Å². The first-order chi connectivity index (χ1) is 14.7. The minimum absolute atomic E-state index is 0.0162. The molecule has 0 bridgehead atoms. The van der Waals surface area contributed by atoms with Gasteiger partial charge in [0, 0.05) is 18.3 Å². The zero-order chi connectivity index (χ0) is 22.2. The Morgan fingerprint density at radius 2 is 1.87 bits per heavy atom. The molecule has 3 heterocycles. The Hall–Kier alpha value is -2.99. The first-order valence-electron chi connectivity index (χ1n) is 10.8. The monoisotopic (exact) mass is 418 g/mol. The Morgan fingerprint density at radius 3 is 2.58 bits per heavy atom. The molecule has 1 fully saturated rings. The molecule has 2 aromatic rings. The number of carbonyl (C=O) groups excluding carboxylic acids is 2. The molecular weight excluding hydrogens is 388 g/mol. The van der Waals surface area contributed by atoms with E-state index in [0.717, 1.165) is 24.2 Å². The lowest BCUT2D eigenvalue weighted by Gasteiger charge is -2.44. The zero-order valence-corrected chi connectivity index (χ0v) is 18.5. The van der Waals surface area contributed by atoms with Crippen LogP contribution in [0, 0.1) is 0 Å². The Kier molecular flexibility index (Phi) is 5.43. The molecule has 2 aliphatic rings. The number of hydrogen-bond donors (Lipinski definition) is 1. The molecule has 2 aliphatic heterocycles. The molecule has 6 nitrogen and oxygen atoms in total. The smallest absolute Gasteiger partial charge is 0.241 e. The topological polar surface area (TPSA) is 79.5 Å². The Morgan fingerprint density at radius 1 is 1.13 bits per heavy atom. The number of benzene rings is 1. The molecule has 0 saturated carbocycles. The number of aromatic nitrogens is 1. The summed E-state index contributed by atoms with van der Waals surface area (Å²) in [7, 11) is 0. The van der Waals surface area contributed by atoms with Gasteiger partial charge in [0.05, 0.1) is 23.5 Å². The van der Waals surface area contributed by atoms with Crippen molar-refractivity contribution in [3.05, 3.63) is 66.0 Å². The van der Waals surface area contributed by atoms with Gasteiger partial charge >= 0.3 is 0 Å². The number of amides is 2. The minimum atomic E-state index is -0.869. The van der Waals surface area contributed by atoms with Gasteiger partial charge < -0.3 is 10.6 Å². The molecule has 0 unspecified atom stereocenters. The second kappa shape index (κ2) is 7.93. The van der Waals surface area contributed by atoms with Crippen molar-refractivity contribution in [2.75, 3.05) is 24.5 Å². The fraction of sp³-hybridized carbons (Fsp3) is 0.400. The van der Waals surface area contributed by atoms with Crippen LogP contribution in [-0.4, -0.2) is 46.9 Å². The number of hydrogen-bond acceptors (Lipinski definition) is 4. The molecule has 1 aromatic heterocycles. The number of primary amides is 1. The first kappa shape index (κ1) is 21.2. The lowest BCUT2D eigenvalue weighted by Crippen LogP contribution is -2.57. The second-order valence-corrected chi connectivity index (χ2v) is 9.20. The number of anilines is 1. The first-order valence-corrected chi connectivity index (χ1v) is 10.8. The molecule has 6 heteroatoms. The number of allylic oxidation sites excluding steroid dienone is 1. The van der Waals surface area contributed by atoms with Crippen LogP contribution in [0.2, 0.25) is 0 Å². The molecule has 4 rings (SSSR count). The number of likely N-dealkylation sites (tertiary alicyclic amines) is 1. The molecular formula is C25H30N4O2. The fourth-order valence-electron chi connectivity index (χ4n) is 5.16. The molecule has 162 valence electrons. The number of piperidine rings is 1. The van der Waals surface area contributed by atoms with E-state index >= 15 is 0 Å². The van der Waals surface area contributed by atoms with Gasteiger partial charge in [-0.25, -0.2) is 0 Å². The zero-order valence-electron chi connectivity index (χ0n) is 18.5. The summed E-state index contributed by atoms with van der Waals surface area (Å²) in [4.78, 5) is 34.5. The van der Waals surface area contributed by atoms with Gasteiger partial charge in [-0.15, -0.1) is 0 Å². The van der Waals surface area contributed by atoms with Crippen LogP contribution in [0.5, 0.6) is 0 Å². The number of pyridine rings is 1. The summed E-state index contributed by atoms with van der Waals surface area (Å²) in [5.41, 5.74) is 8.44. The van der Waals surface area contributed by atoms with Crippen LogP contribution in [-0.2, 0) is 15.0 Å². The summed E-state index contributed by atoms with van der Waals surface area (Å²) < 4.78 is 0. The second-order valence-electron chi connectivity index (χ2n) is 9.20. The third-order valence-corrected chi connectivity index (χ3v) is 6.52. The number of para-hydroxylation sites is 1. The van der Waals surface area contributed by atoms with Crippen molar-refractivity contribution in [1.29, 1.82) is 0 Å². The Labute approximate surface area is 183 Å². The van der Waals surface area contributed by atoms with Crippen molar-refractivity contribution in [3.63, 3.8) is 0 Å². The predicted molar refractivity (Wildman–Crippen MR) is 122 cm³/mol. The highest BCUT2D eigenvalue weighted by molar-refractivity contribution is 6.01. The molecule has 0 aliphatic carbocycles. The summed E-state index contributed by atoms with van der Waals surface area (Å²) in [6, 6.07) is 13.6. The highest BCUT2D eigenvalue weighted by Gasteiger charge is 2.45. The number of fused-ring (bicyclic) bond motifs is 1. The molecule has 1 aromatic carbocycles.